The topological polar surface area (TPSA) is 117 Å². The molecule has 0 aliphatic carbocycles. The first-order valence-corrected chi connectivity index (χ1v) is 11.8. The van der Waals surface area contributed by atoms with Crippen LogP contribution < -0.4 is 15.1 Å². The fourth-order valence-corrected chi connectivity index (χ4v) is 5.46. The molecular weight excluding hydrogens is 460 g/mol. The van der Waals surface area contributed by atoms with Gasteiger partial charge in [-0.1, -0.05) is 23.7 Å². The van der Waals surface area contributed by atoms with Gasteiger partial charge in [-0.25, -0.2) is 4.98 Å². The number of nitrogens with one attached hydrogen (secondary N) is 2. The molecule has 2 aromatic heterocycles. The number of ether oxygens (including phenoxy) is 3. The van der Waals surface area contributed by atoms with E-state index in [2.05, 4.69) is 37.5 Å². The maximum atomic E-state index is 9.92. The number of H-pyrrole nitrogens is 1. The summed E-state index contributed by atoms with van der Waals surface area (Å²) >= 11 is 6.59. The lowest BCUT2D eigenvalue weighted by atomic mass is 10.1. The Balaban J connectivity index is 1.11. The molecule has 34 heavy (non-hydrogen) atoms. The first-order valence-electron chi connectivity index (χ1n) is 11.4. The van der Waals surface area contributed by atoms with E-state index in [1.165, 1.54) is 5.71 Å². The fraction of sp³-hybridized carbons (Fsp3) is 0.435. The molecule has 4 aliphatic heterocycles. The first-order chi connectivity index (χ1) is 16.6. The molecule has 0 radical (unpaired) electrons. The van der Waals surface area contributed by atoms with E-state index in [4.69, 9.17) is 30.8 Å². The minimum atomic E-state index is -0.625. The Morgan fingerprint density at radius 3 is 2.82 bits per heavy atom. The zero-order chi connectivity index (χ0) is 22.8. The fourth-order valence-electron chi connectivity index (χ4n) is 5.20. The lowest BCUT2D eigenvalue weighted by Crippen LogP contribution is -2.34. The van der Waals surface area contributed by atoms with E-state index in [1.807, 2.05) is 18.2 Å². The van der Waals surface area contributed by atoms with Gasteiger partial charge in [-0.05, 0) is 18.2 Å². The maximum absolute atomic E-state index is 9.92. The summed E-state index contributed by atoms with van der Waals surface area (Å²) in [6.07, 6.45) is -1.65. The lowest BCUT2D eigenvalue weighted by Gasteiger charge is -2.18. The molecule has 4 aliphatic rings. The normalized spacial score (nSPS) is 29.9. The van der Waals surface area contributed by atoms with Crippen LogP contribution in [0.5, 0.6) is 6.01 Å². The van der Waals surface area contributed by atoms with Crippen LogP contribution in [-0.2, 0) is 9.47 Å². The molecule has 3 aromatic rings. The minimum absolute atomic E-state index is 0.249. The van der Waals surface area contributed by atoms with Gasteiger partial charge in [0.25, 0.3) is 6.01 Å². The highest BCUT2D eigenvalue weighted by molar-refractivity contribution is 6.33. The smallest absolute Gasteiger partial charge is 0.296 e. The van der Waals surface area contributed by atoms with Gasteiger partial charge in [0, 0.05) is 30.3 Å². The van der Waals surface area contributed by atoms with Crippen LogP contribution in [0.25, 0.3) is 22.4 Å². The molecule has 0 spiro atoms. The quantitative estimate of drug-likeness (QED) is 0.513. The van der Waals surface area contributed by atoms with E-state index in [-0.39, 0.29) is 24.9 Å². The Labute approximate surface area is 199 Å². The number of imidazole rings is 1. The number of benzene rings is 1. The highest BCUT2D eigenvalue weighted by Crippen LogP contribution is 2.33. The summed E-state index contributed by atoms with van der Waals surface area (Å²) < 4.78 is 17.2. The van der Waals surface area contributed by atoms with Crippen LogP contribution in [0, 0.1) is 5.92 Å². The lowest BCUT2D eigenvalue weighted by molar-refractivity contribution is 0.00706. The molecule has 11 heteroatoms. The molecule has 6 heterocycles. The van der Waals surface area contributed by atoms with Crippen molar-refractivity contribution in [1.82, 2.24) is 20.4 Å². The number of pyridine rings is 1. The summed E-state index contributed by atoms with van der Waals surface area (Å²) in [6.45, 7) is 3.33. The average molecular weight is 483 g/mol. The summed E-state index contributed by atoms with van der Waals surface area (Å²) in [5.41, 5.74) is 8.24. The predicted octanol–water partition coefficient (Wildman–Crippen LogP) is 1.58. The van der Waals surface area contributed by atoms with Crippen LogP contribution in [-0.4, -0.2) is 83.0 Å². The van der Waals surface area contributed by atoms with Crippen molar-refractivity contribution in [1.29, 1.82) is 0 Å². The largest absolute Gasteiger partial charge is 0.456 e. The summed E-state index contributed by atoms with van der Waals surface area (Å²) in [5, 5.41) is 14.8. The molecule has 0 saturated carbocycles. The van der Waals surface area contributed by atoms with Gasteiger partial charge in [-0.15, -0.1) is 0 Å². The monoisotopic (exact) mass is 482 g/mol. The molecule has 5 atom stereocenters. The van der Waals surface area contributed by atoms with E-state index >= 15 is 0 Å². The molecule has 10 nitrogen and oxygen atoms in total. The van der Waals surface area contributed by atoms with Crippen molar-refractivity contribution < 1.29 is 19.3 Å². The first kappa shape index (κ1) is 20.5. The van der Waals surface area contributed by atoms with Crippen molar-refractivity contribution in [3.8, 4) is 17.3 Å². The number of hydrazone groups is 1. The molecule has 3 saturated heterocycles. The van der Waals surface area contributed by atoms with Gasteiger partial charge in [-0.3, -0.25) is 0 Å². The summed E-state index contributed by atoms with van der Waals surface area (Å²) in [6, 6.07) is 10.4. The van der Waals surface area contributed by atoms with E-state index in [1.54, 1.807) is 0 Å². The number of halogens is 1. The number of anilines is 1. The average Bonchev–Trinajstić information content (AvgIpc) is 3.62. The summed E-state index contributed by atoms with van der Waals surface area (Å²) in [4.78, 5) is 14.7. The molecule has 3 N–H and O–H groups in total. The molecule has 1 unspecified atom stereocenters. The Bertz CT molecular complexity index is 1280. The second-order valence-electron chi connectivity index (χ2n) is 9.14. The second-order valence-corrected chi connectivity index (χ2v) is 9.55. The number of aromatic nitrogens is 3. The van der Waals surface area contributed by atoms with Crippen molar-refractivity contribution in [2.75, 3.05) is 37.7 Å². The molecule has 0 amide bonds. The number of rotatable bonds is 4. The van der Waals surface area contributed by atoms with Crippen molar-refractivity contribution in [3.05, 3.63) is 35.4 Å². The van der Waals surface area contributed by atoms with Gasteiger partial charge < -0.3 is 34.6 Å². The second kappa shape index (κ2) is 7.81. The Kier molecular flexibility index (Phi) is 4.70. The Morgan fingerprint density at radius 2 is 1.97 bits per heavy atom. The van der Waals surface area contributed by atoms with E-state index in [0.717, 1.165) is 30.9 Å². The highest BCUT2D eigenvalue weighted by atomic mass is 35.5. The number of hydrogen-bond donors (Lipinski definition) is 3. The van der Waals surface area contributed by atoms with Gasteiger partial charge >= 0.3 is 0 Å². The van der Waals surface area contributed by atoms with Gasteiger partial charge in [0.2, 0.25) is 0 Å². The predicted molar refractivity (Wildman–Crippen MR) is 125 cm³/mol. The van der Waals surface area contributed by atoms with Crippen LogP contribution in [0.3, 0.4) is 0 Å². The van der Waals surface area contributed by atoms with Gasteiger partial charge in [0.15, 0.2) is 11.8 Å². The number of aliphatic hydroxyl groups excluding tert-OH is 1. The van der Waals surface area contributed by atoms with Crippen molar-refractivity contribution in [3.63, 3.8) is 0 Å². The number of aromatic amines is 1. The summed E-state index contributed by atoms with van der Waals surface area (Å²) in [7, 11) is 0. The maximum Gasteiger partial charge on any atom is 0.296 e. The Morgan fingerprint density at radius 1 is 1.12 bits per heavy atom. The highest BCUT2D eigenvalue weighted by Gasteiger charge is 2.48. The van der Waals surface area contributed by atoms with Crippen LogP contribution >= 0.6 is 11.6 Å². The molecule has 1 aromatic carbocycles. The van der Waals surface area contributed by atoms with Crippen LogP contribution in [0.2, 0.25) is 5.02 Å². The number of aliphatic hydroxyl groups is 1. The third kappa shape index (κ3) is 3.32. The van der Waals surface area contributed by atoms with E-state index < -0.39 is 6.10 Å². The zero-order valence-electron chi connectivity index (χ0n) is 18.1. The van der Waals surface area contributed by atoms with Crippen molar-refractivity contribution in [2.45, 2.75) is 24.4 Å². The third-order valence-corrected chi connectivity index (χ3v) is 7.27. The van der Waals surface area contributed by atoms with E-state index in [0.29, 0.717) is 40.4 Å². The Hall–Kier alpha value is -2.92. The molecule has 0 bridgehead atoms. The SMILES string of the molecule is O[C@@H]1CO[C@H]2[C@@H]1OC[C@H]2Oc1nc2nc(-c3ccc(N4CC5=NNCC5C4)cc3)c(Cl)cc2[nH]1. The van der Waals surface area contributed by atoms with Gasteiger partial charge in [0.05, 0.1) is 41.7 Å². The molecule has 3 fully saturated rings. The van der Waals surface area contributed by atoms with Crippen LogP contribution in [0.4, 0.5) is 5.69 Å². The van der Waals surface area contributed by atoms with Crippen molar-refractivity contribution in [2.24, 2.45) is 11.0 Å². The minimum Gasteiger partial charge on any atom is -0.456 e. The third-order valence-electron chi connectivity index (χ3n) is 6.98. The molecule has 7 rings (SSSR count). The van der Waals surface area contributed by atoms with Gasteiger partial charge in [0.1, 0.15) is 18.3 Å². The van der Waals surface area contributed by atoms with Gasteiger partial charge in [-0.2, -0.15) is 10.1 Å². The van der Waals surface area contributed by atoms with Crippen LogP contribution in [0.15, 0.2) is 35.4 Å². The number of fused-ring (bicyclic) bond motifs is 3. The van der Waals surface area contributed by atoms with E-state index in [9.17, 15) is 5.11 Å². The van der Waals surface area contributed by atoms with Crippen LogP contribution in [0.1, 0.15) is 0 Å². The molecular formula is C23H23ClN6O4. The molecule has 176 valence electrons. The van der Waals surface area contributed by atoms with Crippen molar-refractivity contribution >= 4 is 34.2 Å². The summed E-state index contributed by atoms with van der Waals surface area (Å²) in [5.74, 6) is 0.501. The number of nitrogens with zero attached hydrogens (tertiary/aromatic N) is 4. The number of hydrogen-bond acceptors (Lipinski definition) is 9. The standard InChI is InChI=1S/C23H23ClN6O4/c24-14-5-15-22(28-23(26-15)34-18-10-33-20-17(31)9-32-21(18)20)27-19(14)11-1-3-13(4-2-11)30-7-12-6-25-29-16(12)8-30/h1-5,12,17-18,20-21,25,31H,6-10H2,(H,26,27,28)/t12?,17-,18-,20-,21-/m1/s1. The zero-order valence-corrected chi connectivity index (χ0v) is 18.9.